The number of hydrogen-bond acceptors (Lipinski definition) is 2. The number of nitrogens with one attached hydrogen (secondary N) is 2. The fourth-order valence-corrected chi connectivity index (χ4v) is 2.66. The number of anilines is 1. The van der Waals surface area contributed by atoms with Crippen LogP contribution < -0.4 is 10.6 Å². The van der Waals surface area contributed by atoms with E-state index in [1.807, 2.05) is 6.07 Å². The van der Waals surface area contributed by atoms with Crippen LogP contribution in [0.3, 0.4) is 0 Å². The molecule has 0 aliphatic carbocycles. The number of carbonyl (C=O) groups excluding carboxylic acids is 2. The van der Waals surface area contributed by atoms with Gasteiger partial charge < -0.3 is 15.5 Å². The average molecular weight is 380 g/mol. The molecule has 5 nitrogen and oxygen atoms in total. The summed E-state index contributed by atoms with van der Waals surface area (Å²) in [5.74, 6) is -0.160. The number of nitrogens with zero attached hydrogens (tertiary/aromatic N) is 1. The lowest BCUT2D eigenvalue weighted by Gasteiger charge is -2.13. The molecule has 0 aromatic heterocycles. The van der Waals surface area contributed by atoms with Crippen LogP contribution in [0.4, 0.5) is 10.5 Å². The molecular formula is C18H19Cl2N3O2. The lowest BCUT2D eigenvalue weighted by Crippen LogP contribution is -2.27. The van der Waals surface area contributed by atoms with Crippen LogP contribution in [-0.2, 0) is 17.8 Å². The van der Waals surface area contributed by atoms with Gasteiger partial charge in [-0.2, -0.15) is 0 Å². The molecule has 0 saturated carbocycles. The van der Waals surface area contributed by atoms with E-state index < -0.39 is 0 Å². The van der Waals surface area contributed by atoms with Gasteiger partial charge in [-0.25, -0.2) is 4.79 Å². The summed E-state index contributed by atoms with van der Waals surface area (Å²) in [6.45, 7) is 0.258. The molecule has 0 saturated heterocycles. The largest absolute Gasteiger partial charge is 0.352 e. The van der Waals surface area contributed by atoms with Gasteiger partial charge in [0.15, 0.2) is 0 Å². The molecule has 0 bridgehead atoms. The molecule has 0 atom stereocenters. The van der Waals surface area contributed by atoms with E-state index in [2.05, 4.69) is 10.6 Å². The van der Waals surface area contributed by atoms with Gasteiger partial charge in [0.1, 0.15) is 0 Å². The van der Waals surface area contributed by atoms with Crippen LogP contribution in [-0.4, -0.2) is 30.9 Å². The summed E-state index contributed by atoms with van der Waals surface area (Å²) in [6, 6.07) is 12.1. The monoisotopic (exact) mass is 379 g/mol. The first-order chi connectivity index (χ1) is 11.9. The van der Waals surface area contributed by atoms with Crippen LogP contribution in [0.5, 0.6) is 0 Å². The van der Waals surface area contributed by atoms with Crippen LogP contribution in [0.15, 0.2) is 42.5 Å². The zero-order valence-corrected chi connectivity index (χ0v) is 15.5. The van der Waals surface area contributed by atoms with Gasteiger partial charge in [-0.3, -0.25) is 4.79 Å². The number of amides is 3. The van der Waals surface area contributed by atoms with E-state index in [0.29, 0.717) is 21.3 Å². The average Bonchev–Trinajstić information content (AvgIpc) is 2.54. The molecule has 0 spiro atoms. The molecule has 0 heterocycles. The Morgan fingerprint density at radius 1 is 1.04 bits per heavy atom. The van der Waals surface area contributed by atoms with Gasteiger partial charge >= 0.3 is 6.03 Å². The third kappa shape index (κ3) is 5.66. The Kier molecular flexibility index (Phi) is 6.67. The maximum Gasteiger partial charge on any atom is 0.321 e. The zero-order valence-electron chi connectivity index (χ0n) is 14.0. The number of hydrogen-bond donors (Lipinski definition) is 2. The Bertz CT molecular complexity index is 758. The molecular weight excluding hydrogens is 361 g/mol. The SMILES string of the molecule is CN(C)C(=O)Nc1cccc(CC(=O)NCc2c(Cl)cccc2Cl)c1. The van der Waals surface area contributed by atoms with E-state index in [0.717, 1.165) is 5.56 Å². The van der Waals surface area contributed by atoms with Crippen molar-refractivity contribution in [3.8, 4) is 0 Å². The lowest BCUT2D eigenvalue weighted by atomic mass is 10.1. The van der Waals surface area contributed by atoms with Gasteiger partial charge in [-0.1, -0.05) is 41.4 Å². The second kappa shape index (κ2) is 8.74. The Morgan fingerprint density at radius 2 is 1.68 bits per heavy atom. The van der Waals surface area contributed by atoms with Crippen LogP contribution in [0.1, 0.15) is 11.1 Å². The molecule has 3 amide bonds. The molecule has 0 radical (unpaired) electrons. The van der Waals surface area contributed by atoms with Crippen molar-refractivity contribution in [1.29, 1.82) is 0 Å². The zero-order chi connectivity index (χ0) is 18.4. The number of halogens is 2. The van der Waals surface area contributed by atoms with Crippen LogP contribution in [0, 0.1) is 0 Å². The molecule has 2 aromatic rings. The Morgan fingerprint density at radius 3 is 2.32 bits per heavy atom. The molecule has 0 unspecified atom stereocenters. The van der Waals surface area contributed by atoms with Gasteiger partial charge in [0, 0.05) is 41.9 Å². The molecule has 0 aliphatic heterocycles. The highest BCUT2D eigenvalue weighted by molar-refractivity contribution is 6.36. The van der Waals surface area contributed by atoms with Crippen molar-refractivity contribution in [1.82, 2.24) is 10.2 Å². The molecule has 0 aliphatic rings. The Balaban J connectivity index is 1.95. The third-order valence-electron chi connectivity index (χ3n) is 3.47. The number of carbonyl (C=O) groups is 2. The van der Waals surface area contributed by atoms with Crippen LogP contribution in [0.2, 0.25) is 10.0 Å². The predicted molar refractivity (Wildman–Crippen MR) is 101 cm³/mol. The van der Waals surface area contributed by atoms with Gasteiger partial charge in [0.25, 0.3) is 0 Å². The van der Waals surface area contributed by atoms with E-state index in [9.17, 15) is 9.59 Å². The Labute approximate surface area is 156 Å². The minimum Gasteiger partial charge on any atom is -0.352 e. The van der Waals surface area contributed by atoms with Crippen molar-refractivity contribution in [2.24, 2.45) is 0 Å². The van der Waals surface area contributed by atoms with E-state index in [4.69, 9.17) is 23.2 Å². The highest BCUT2D eigenvalue weighted by atomic mass is 35.5. The molecule has 0 fully saturated rings. The van der Waals surface area contributed by atoms with E-state index in [-0.39, 0.29) is 24.9 Å². The summed E-state index contributed by atoms with van der Waals surface area (Å²) in [5, 5.41) is 6.58. The second-order valence-electron chi connectivity index (χ2n) is 5.68. The summed E-state index contributed by atoms with van der Waals surface area (Å²) in [7, 11) is 3.32. The fraction of sp³-hybridized carbons (Fsp3) is 0.222. The maximum absolute atomic E-state index is 12.2. The maximum atomic E-state index is 12.2. The third-order valence-corrected chi connectivity index (χ3v) is 4.18. The van der Waals surface area contributed by atoms with Gasteiger partial charge in [-0.15, -0.1) is 0 Å². The van der Waals surface area contributed by atoms with E-state index >= 15 is 0 Å². The number of rotatable bonds is 5. The fourth-order valence-electron chi connectivity index (χ4n) is 2.13. The van der Waals surface area contributed by atoms with Crippen molar-refractivity contribution in [3.63, 3.8) is 0 Å². The van der Waals surface area contributed by atoms with Crippen molar-refractivity contribution in [2.75, 3.05) is 19.4 Å². The lowest BCUT2D eigenvalue weighted by molar-refractivity contribution is -0.120. The van der Waals surface area contributed by atoms with Crippen molar-refractivity contribution in [2.45, 2.75) is 13.0 Å². The standard InChI is InChI=1S/C18H19Cl2N3O2/c1-23(2)18(25)22-13-6-3-5-12(9-13)10-17(24)21-11-14-15(19)7-4-8-16(14)20/h3-9H,10-11H2,1-2H3,(H,21,24)(H,22,25). The Hall–Kier alpha value is -2.24. The van der Waals surface area contributed by atoms with E-state index in [1.54, 1.807) is 50.5 Å². The highest BCUT2D eigenvalue weighted by Gasteiger charge is 2.09. The van der Waals surface area contributed by atoms with Crippen LogP contribution in [0.25, 0.3) is 0 Å². The molecule has 2 aromatic carbocycles. The molecule has 132 valence electrons. The first-order valence-electron chi connectivity index (χ1n) is 7.63. The molecule has 7 heteroatoms. The summed E-state index contributed by atoms with van der Waals surface area (Å²) in [4.78, 5) is 25.3. The van der Waals surface area contributed by atoms with Gasteiger partial charge in [0.05, 0.1) is 6.42 Å². The van der Waals surface area contributed by atoms with E-state index in [1.165, 1.54) is 4.90 Å². The first-order valence-corrected chi connectivity index (χ1v) is 8.39. The normalized spacial score (nSPS) is 10.2. The highest BCUT2D eigenvalue weighted by Crippen LogP contribution is 2.23. The predicted octanol–water partition coefficient (Wildman–Crippen LogP) is 3.95. The van der Waals surface area contributed by atoms with Gasteiger partial charge in [0.2, 0.25) is 5.91 Å². The smallest absolute Gasteiger partial charge is 0.321 e. The van der Waals surface area contributed by atoms with Crippen molar-refractivity contribution >= 4 is 40.8 Å². The van der Waals surface area contributed by atoms with Crippen molar-refractivity contribution < 1.29 is 9.59 Å². The molecule has 25 heavy (non-hydrogen) atoms. The first kappa shape index (κ1) is 19.1. The molecule has 2 N–H and O–H groups in total. The summed E-state index contributed by atoms with van der Waals surface area (Å²) >= 11 is 12.2. The minimum atomic E-state index is -0.227. The summed E-state index contributed by atoms with van der Waals surface area (Å²) in [6.07, 6.45) is 0.188. The quantitative estimate of drug-likeness (QED) is 0.825. The number of benzene rings is 2. The number of urea groups is 1. The summed E-state index contributed by atoms with van der Waals surface area (Å²) < 4.78 is 0. The second-order valence-corrected chi connectivity index (χ2v) is 6.49. The summed E-state index contributed by atoms with van der Waals surface area (Å²) in [5.41, 5.74) is 2.11. The van der Waals surface area contributed by atoms with Gasteiger partial charge in [-0.05, 0) is 29.8 Å². The minimum absolute atomic E-state index is 0.160. The topological polar surface area (TPSA) is 61.4 Å². The van der Waals surface area contributed by atoms with Crippen LogP contribution >= 0.6 is 23.2 Å². The molecule has 2 rings (SSSR count). The van der Waals surface area contributed by atoms with Crippen molar-refractivity contribution in [3.05, 3.63) is 63.6 Å².